The molecule has 1 aromatic carbocycles. The number of guanidine groups is 1. The predicted octanol–water partition coefficient (Wildman–Crippen LogP) is 2.74. The Morgan fingerprint density at radius 3 is 2.73 bits per heavy atom. The van der Waals surface area contributed by atoms with Crippen LogP contribution in [0.4, 0.5) is 0 Å². The van der Waals surface area contributed by atoms with Crippen molar-refractivity contribution in [2.45, 2.75) is 45.4 Å². The Morgan fingerprint density at radius 2 is 2.04 bits per heavy atom. The zero-order chi connectivity index (χ0) is 18.5. The lowest BCUT2D eigenvalue weighted by atomic mass is 9.84. The lowest BCUT2D eigenvalue weighted by Crippen LogP contribution is -2.39. The fourth-order valence-corrected chi connectivity index (χ4v) is 3.36. The third-order valence-corrected chi connectivity index (χ3v) is 5.02. The number of aliphatic hydroxyl groups is 1. The molecule has 26 heavy (non-hydrogen) atoms. The van der Waals surface area contributed by atoms with Gasteiger partial charge in [0.15, 0.2) is 5.96 Å². The van der Waals surface area contributed by atoms with Gasteiger partial charge in [-0.3, -0.25) is 4.99 Å². The van der Waals surface area contributed by atoms with Crippen LogP contribution in [0.5, 0.6) is 0 Å². The fraction of sp³-hybridized carbons (Fsp3) is 0.667. The SMILES string of the molecule is CCNC(=NCC1(CCO)CCOC1)NCCCCCc1ccccc1. The summed E-state index contributed by atoms with van der Waals surface area (Å²) < 4.78 is 5.55. The van der Waals surface area contributed by atoms with E-state index in [9.17, 15) is 5.11 Å². The van der Waals surface area contributed by atoms with Crippen molar-refractivity contribution in [1.82, 2.24) is 10.6 Å². The number of aryl methyl sites for hydroxylation is 1. The number of ether oxygens (including phenoxy) is 1. The molecule has 0 radical (unpaired) electrons. The van der Waals surface area contributed by atoms with E-state index in [1.807, 2.05) is 0 Å². The number of benzene rings is 1. The van der Waals surface area contributed by atoms with Gasteiger partial charge in [-0.15, -0.1) is 0 Å². The van der Waals surface area contributed by atoms with Gasteiger partial charge in [-0.1, -0.05) is 36.8 Å². The van der Waals surface area contributed by atoms with Gasteiger partial charge in [-0.2, -0.15) is 0 Å². The van der Waals surface area contributed by atoms with Crippen molar-refractivity contribution in [3.05, 3.63) is 35.9 Å². The molecule has 0 saturated carbocycles. The lowest BCUT2D eigenvalue weighted by Gasteiger charge is -2.24. The van der Waals surface area contributed by atoms with E-state index in [4.69, 9.17) is 9.73 Å². The van der Waals surface area contributed by atoms with E-state index in [-0.39, 0.29) is 12.0 Å². The minimum Gasteiger partial charge on any atom is -0.396 e. The Kier molecular flexibility index (Phi) is 9.50. The second-order valence-corrected chi connectivity index (χ2v) is 7.19. The number of aliphatic imine (C=N–C) groups is 1. The van der Waals surface area contributed by atoms with E-state index in [1.165, 1.54) is 18.4 Å². The van der Waals surface area contributed by atoms with Crippen LogP contribution in [0.25, 0.3) is 0 Å². The molecule has 1 atom stereocenters. The summed E-state index contributed by atoms with van der Waals surface area (Å²) in [6, 6.07) is 10.7. The summed E-state index contributed by atoms with van der Waals surface area (Å²) in [5, 5.41) is 16.1. The Hall–Kier alpha value is -1.59. The van der Waals surface area contributed by atoms with E-state index >= 15 is 0 Å². The first-order chi connectivity index (χ1) is 12.8. The van der Waals surface area contributed by atoms with E-state index in [1.54, 1.807) is 0 Å². The number of aliphatic hydroxyl groups excluding tert-OH is 1. The van der Waals surface area contributed by atoms with Crippen molar-refractivity contribution in [3.63, 3.8) is 0 Å². The molecule has 2 rings (SSSR count). The minimum absolute atomic E-state index is 0.00673. The van der Waals surface area contributed by atoms with Crippen molar-refractivity contribution in [3.8, 4) is 0 Å². The summed E-state index contributed by atoms with van der Waals surface area (Å²) in [6.45, 7) is 6.25. The van der Waals surface area contributed by atoms with Gasteiger partial charge in [0, 0.05) is 31.7 Å². The second kappa shape index (κ2) is 11.9. The van der Waals surface area contributed by atoms with E-state index in [0.717, 1.165) is 51.3 Å². The maximum Gasteiger partial charge on any atom is 0.191 e. The summed E-state index contributed by atoms with van der Waals surface area (Å²) in [5.41, 5.74) is 1.43. The van der Waals surface area contributed by atoms with Crippen molar-refractivity contribution in [2.24, 2.45) is 10.4 Å². The number of rotatable bonds is 11. The van der Waals surface area contributed by atoms with Crippen molar-refractivity contribution < 1.29 is 9.84 Å². The quantitative estimate of drug-likeness (QED) is 0.322. The fourth-order valence-electron chi connectivity index (χ4n) is 3.36. The first-order valence-electron chi connectivity index (χ1n) is 10.0. The molecule has 1 aliphatic rings. The first-order valence-corrected chi connectivity index (χ1v) is 10.0. The third-order valence-electron chi connectivity index (χ3n) is 5.02. The van der Waals surface area contributed by atoms with Gasteiger partial charge >= 0.3 is 0 Å². The highest BCUT2D eigenvalue weighted by Crippen LogP contribution is 2.32. The van der Waals surface area contributed by atoms with Crippen LogP contribution in [-0.2, 0) is 11.2 Å². The van der Waals surface area contributed by atoms with Crippen LogP contribution in [-0.4, -0.2) is 50.5 Å². The van der Waals surface area contributed by atoms with Gasteiger partial charge in [0.05, 0.1) is 13.2 Å². The molecule has 5 heteroatoms. The normalized spacial score (nSPS) is 20.3. The van der Waals surface area contributed by atoms with Gasteiger partial charge in [-0.05, 0) is 44.6 Å². The van der Waals surface area contributed by atoms with Crippen molar-refractivity contribution in [2.75, 3.05) is 39.5 Å². The minimum atomic E-state index is 0.00673. The molecule has 1 aliphatic heterocycles. The van der Waals surface area contributed by atoms with Crippen LogP contribution in [0.2, 0.25) is 0 Å². The molecule has 1 heterocycles. The van der Waals surface area contributed by atoms with Crippen LogP contribution < -0.4 is 10.6 Å². The molecule has 146 valence electrons. The molecular formula is C21H35N3O2. The molecule has 1 aromatic rings. The summed E-state index contributed by atoms with van der Waals surface area (Å²) in [5.74, 6) is 0.875. The zero-order valence-corrected chi connectivity index (χ0v) is 16.2. The van der Waals surface area contributed by atoms with Crippen LogP contribution in [0.15, 0.2) is 35.3 Å². The third kappa shape index (κ3) is 7.34. The standard InChI is InChI=1S/C21H35N3O2/c1-2-22-20(24-17-21(12-15-25)13-16-26-18-21)23-14-8-4-7-11-19-9-5-3-6-10-19/h3,5-6,9-10,25H,2,4,7-8,11-18H2,1H3,(H2,22,23,24). The summed E-state index contributed by atoms with van der Waals surface area (Å²) in [7, 11) is 0. The molecule has 0 aliphatic carbocycles. The van der Waals surface area contributed by atoms with Crippen LogP contribution >= 0.6 is 0 Å². The van der Waals surface area contributed by atoms with Gasteiger partial charge in [-0.25, -0.2) is 0 Å². The van der Waals surface area contributed by atoms with E-state index < -0.39 is 0 Å². The molecule has 1 unspecified atom stereocenters. The Balaban J connectivity index is 1.68. The lowest BCUT2D eigenvalue weighted by molar-refractivity contribution is 0.131. The molecule has 0 amide bonds. The zero-order valence-electron chi connectivity index (χ0n) is 16.2. The number of hydrogen-bond donors (Lipinski definition) is 3. The van der Waals surface area contributed by atoms with E-state index in [2.05, 4.69) is 47.9 Å². The monoisotopic (exact) mass is 361 g/mol. The summed E-state index contributed by atoms with van der Waals surface area (Å²) in [6.07, 6.45) is 6.46. The molecule has 0 bridgehead atoms. The number of nitrogens with zero attached hydrogens (tertiary/aromatic N) is 1. The van der Waals surface area contributed by atoms with Crippen LogP contribution in [0.1, 0.15) is 44.6 Å². The average Bonchev–Trinajstić information content (AvgIpc) is 3.12. The molecule has 1 fully saturated rings. The average molecular weight is 362 g/mol. The van der Waals surface area contributed by atoms with Gasteiger partial charge in [0.25, 0.3) is 0 Å². The number of nitrogens with one attached hydrogen (secondary N) is 2. The predicted molar refractivity (Wildman–Crippen MR) is 108 cm³/mol. The topological polar surface area (TPSA) is 65.9 Å². The smallest absolute Gasteiger partial charge is 0.191 e. The highest BCUT2D eigenvalue weighted by atomic mass is 16.5. The number of unbranched alkanes of at least 4 members (excludes halogenated alkanes) is 2. The molecule has 0 aromatic heterocycles. The van der Waals surface area contributed by atoms with Gasteiger partial charge < -0.3 is 20.5 Å². The molecule has 1 saturated heterocycles. The second-order valence-electron chi connectivity index (χ2n) is 7.19. The van der Waals surface area contributed by atoms with Gasteiger partial charge in [0.2, 0.25) is 0 Å². The highest BCUT2D eigenvalue weighted by molar-refractivity contribution is 5.79. The first kappa shape index (κ1) is 20.7. The number of hydrogen-bond acceptors (Lipinski definition) is 3. The van der Waals surface area contributed by atoms with Crippen molar-refractivity contribution in [1.29, 1.82) is 0 Å². The molecule has 0 spiro atoms. The Morgan fingerprint density at radius 1 is 1.19 bits per heavy atom. The summed E-state index contributed by atoms with van der Waals surface area (Å²) >= 11 is 0. The molecule has 5 nitrogen and oxygen atoms in total. The van der Waals surface area contributed by atoms with Crippen LogP contribution in [0, 0.1) is 5.41 Å². The highest BCUT2D eigenvalue weighted by Gasteiger charge is 2.34. The van der Waals surface area contributed by atoms with Crippen LogP contribution in [0.3, 0.4) is 0 Å². The van der Waals surface area contributed by atoms with E-state index in [0.29, 0.717) is 13.2 Å². The van der Waals surface area contributed by atoms with Gasteiger partial charge in [0.1, 0.15) is 0 Å². The Labute approximate surface area is 158 Å². The van der Waals surface area contributed by atoms with Crippen molar-refractivity contribution >= 4 is 5.96 Å². The maximum atomic E-state index is 9.33. The largest absolute Gasteiger partial charge is 0.396 e. The molecular weight excluding hydrogens is 326 g/mol. The summed E-state index contributed by atoms with van der Waals surface area (Å²) in [4.78, 5) is 4.75. The Bertz CT molecular complexity index is 513. The maximum absolute atomic E-state index is 9.33. The molecule has 3 N–H and O–H groups in total.